The first-order chi connectivity index (χ1) is 30.5. The van der Waals surface area contributed by atoms with E-state index in [1.54, 1.807) is 30.3 Å². The second kappa shape index (κ2) is 14.6. The summed E-state index contributed by atoms with van der Waals surface area (Å²) >= 11 is 0. The summed E-state index contributed by atoms with van der Waals surface area (Å²) in [5.41, 5.74) is 12.2. The van der Waals surface area contributed by atoms with Gasteiger partial charge in [-0.25, -0.2) is 14.5 Å². The third kappa shape index (κ3) is 5.71. The van der Waals surface area contributed by atoms with Crippen LogP contribution in [0.3, 0.4) is 0 Å². The zero-order chi connectivity index (χ0) is 42.5. The summed E-state index contributed by atoms with van der Waals surface area (Å²) in [4.78, 5) is 11.0. The summed E-state index contributed by atoms with van der Waals surface area (Å²) in [5, 5.41) is 34.4. The van der Waals surface area contributed by atoms with Gasteiger partial charge >= 0.3 is 0 Å². The van der Waals surface area contributed by atoms with E-state index in [1.165, 1.54) is 0 Å². The van der Waals surface area contributed by atoms with E-state index >= 15 is 0 Å². The van der Waals surface area contributed by atoms with Crippen molar-refractivity contribution in [1.29, 1.82) is 15.8 Å². The highest BCUT2D eigenvalue weighted by atomic mass is 15.0. The van der Waals surface area contributed by atoms with Gasteiger partial charge in [-0.15, -0.1) is 0 Å². The smallest absolute Gasteiger partial charge is 0.187 e. The van der Waals surface area contributed by atoms with E-state index in [2.05, 4.69) is 72.2 Å². The molecule has 62 heavy (non-hydrogen) atoms. The number of fused-ring (bicyclic) bond motifs is 6. The number of aromatic nitrogens is 2. The molecule has 0 aliphatic heterocycles. The highest BCUT2D eigenvalue weighted by Crippen LogP contribution is 2.43. The van der Waals surface area contributed by atoms with Gasteiger partial charge in [0.15, 0.2) is 17.1 Å². The number of hydrogen-bond acceptors (Lipinski definition) is 3. The molecule has 8 heteroatoms. The summed E-state index contributed by atoms with van der Waals surface area (Å²) < 4.78 is 4.27. The maximum atomic E-state index is 11.1. The molecule has 0 radical (unpaired) electrons. The van der Waals surface area contributed by atoms with E-state index in [0.29, 0.717) is 39.4 Å². The van der Waals surface area contributed by atoms with Gasteiger partial charge in [-0.05, 0) is 94.5 Å². The average molecular weight is 787 g/mol. The molecule has 0 fully saturated rings. The van der Waals surface area contributed by atoms with Crippen LogP contribution >= 0.6 is 0 Å². The molecule has 10 aromatic rings. The van der Waals surface area contributed by atoms with Gasteiger partial charge in [-0.2, -0.15) is 15.8 Å². The van der Waals surface area contributed by atoms with Crippen LogP contribution < -0.4 is 0 Å². The van der Waals surface area contributed by atoms with Crippen molar-refractivity contribution in [1.82, 2.24) is 9.13 Å². The number of para-hydroxylation sites is 2. The lowest BCUT2D eigenvalue weighted by molar-refractivity contribution is 1.14. The quantitative estimate of drug-likeness (QED) is 0.163. The monoisotopic (exact) mass is 786 g/mol. The molecular weight excluding hydrogens is 761 g/mol. The minimum Gasteiger partial charge on any atom is -0.309 e. The third-order valence-electron chi connectivity index (χ3n) is 11.5. The standard InChI is InChI=1S/C54H26N8/c1-58-39-10-8-9-34(24-39)45-29-53(61-49-13-6-4-11-43(49)47-26-36(17-22-51(47)61)42-20-18-40(59-2)28-48(42)60-3)38(32-57)27-54(45)62-50-14-7-5-12-44(50)46-25-35(16-21-52(46)62)41-19-15-33(30-55)23-37(41)31-56/h4-29H. The molecule has 10 rings (SSSR count). The Morgan fingerprint density at radius 1 is 0.387 bits per heavy atom. The Morgan fingerprint density at radius 2 is 0.968 bits per heavy atom. The Morgan fingerprint density at radius 3 is 1.60 bits per heavy atom. The van der Waals surface area contributed by atoms with Crippen molar-refractivity contribution in [3.63, 3.8) is 0 Å². The second-order valence-corrected chi connectivity index (χ2v) is 14.7. The molecule has 0 spiro atoms. The molecule has 2 aromatic heterocycles. The first kappa shape index (κ1) is 36.6. The zero-order valence-corrected chi connectivity index (χ0v) is 32.6. The fraction of sp³-hybridized carbons (Fsp3) is 0. The molecule has 0 unspecified atom stereocenters. The Hall–Kier alpha value is -9.70. The molecule has 0 bridgehead atoms. The maximum absolute atomic E-state index is 11.1. The van der Waals surface area contributed by atoms with Crippen molar-refractivity contribution in [2.24, 2.45) is 0 Å². The predicted octanol–water partition coefficient (Wildman–Crippen LogP) is 14.1. The lowest BCUT2D eigenvalue weighted by Gasteiger charge is -2.19. The Balaban J connectivity index is 1.25. The van der Waals surface area contributed by atoms with Crippen molar-refractivity contribution in [2.45, 2.75) is 0 Å². The summed E-state index contributed by atoms with van der Waals surface area (Å²) in [5.74, 6) is 0. The average Bonchev–Trinajstić information content (AvgIpc) is 3.85. The number of benzene rings is 8. The van der Waals surface area contributed by atoms with Gasteiger partial charge in [-0.1, -0.05) is 91.0 Å². The number of rotatable bonds is 5. The maximum Gasteiger partial charge on any atom is 0.187 e. The molecule has 8 aromatic carbocycles. The number of hydrogen-bond donors (Lipinski definition) is 0. The topological polar surface area (TPSA) is 94.3 Å². The Bertz CT molecular complexity index is 3840. The van der Waals surface area contributed by atoms with Crippen LogP contribution in [0, 0.1) is 53.7 Å². The van der Waals surface area contributed by atoms with E-state index < -0.39 is 0 Å². The lowest BCUT2D eigenvalue weighted by atomic mass is 9.97. The van der Waals surface area contributed by atoms with Gasteiger partial charge in [0.05, 0.1) is 82.0 Å². The molecule has 0 amide bonds. The summed E-state index contributed by atoms with van der Waals surface area (Å²) in [6, 6.07) is 57.0. The van der Waals surface area contributed by atoms with Crippen LogP contribution in [0.1, 0.15) is 16.7 Å². The normalized spacial score (nSPS) is 10.8. The van der Waals surface area contributed by atoms with Crippen molar-refractivity contribution < 1.29 is 0 Å². The van der Waals surface area contributed by atoms with Gasteiger partial charge < -0.3 is 9.13 Å². The van der Waals surface area contributed by atoms with Crippen molar-refractivity contribution in [2.75, 3.05) is 0 Å². The molecule has 0 N–H and O–H groups in total. The van der Waals surface area contributed by atoms with E-state index in [-0.39, 0.29) is 0 Å². The largest absolute Gasteiger partial charge is 0.309 e. The summed E-state index contributed by atoms with van der Waals surface area (Å²) in [6.45, 7) is 23.2. The minimum absolute atomic E-state index is 0.401. The molecule has 282 valence electrons. The number of nitriles is 3. The van der Waals surface area contributed by atoms with E-state index in [9.17, 15) is 15.8 Å². The molecule has 0 saturated heterocycles. The highest BCUT2D eigenvalue weighted by molar-refractivity contribution is 6.13. The third-order valence-corrected chi connectivity index (χ3v) is 11.5. The lowest BCUT2D eigenvalue weighted by Crippen LogP contribution is -2.04. The van der Waals surface area contributed by atoms with Gasteiger partial charge in [-0.3, -0.25) is 0 Å². The first-order valence-corrected chi connectivity index (χ1v) is 19.4. The van der Waals surface area contributed by atoms with Crippen LogP contribution in [-0.2, 0) is 0 Å². The summed E-state index contributed by atoms with van der Waals surface area (Å²) in [6.07, 6.45) is 0. The minimum atomic E-state index is 0.401. The number of nitrogens with zero attached hydrogens (tertiary/aromatic N) is 8. The van der Waals surface area contributed by atoms with Gasteiger partial charge in [0.25, 0.3) is 0 Å². The molecular formula is C54H26N8. The van der Waals surface area contributed by atoms with Gasteiger partial charge in [0, 0.05) is 27.1 Å². The van der Waals surface area contributed by atoms with E-state index in [0.717, 1.165) is 82.7 Å². The molecule has 0 aliphatic carbocycles. The second-order valence-electron chi connectivity index (χ2n) is 14.7. The van der Waals surface area contributed by atoms with Gasteiger partial charge in [0.2, 0.25) is 0 Å². The molecule has 0 atom stereocenters. The molecule has 0 aliphatic rings. The fourth-order valence-electron chi connectivity index (χ4n) is 8.69. The molecule has 2 heterocycles. The fourth-order valence-corrected chi connectivity index (χ4v) is 8.69. The highest BCUT2D eigenvalue weighted by Gasteiger charge is 2.23. The Labute approximate surface area is 355 Å². The zero-order valence-electron chi connectivity index (χ0n) is 32.6. The van der Waals surface area contributed by atoms with Crippen molar-refractivity contribution in [3.8, 4) is 63.0 Å². The summed E-state index contributed by atoms with van der Waals surface area (Å²) in [7, 11) is 0. The molecule has 8 nitrogen and oxygen atoms in total. The van der Waals surface area contributed by atoms with Crippen LogP contribution in [0.5, 0.6) is 0 Å². The predicted molar refractivity (Wildman–Crippen MR) is 244 cm³/mol. The van der Waals surface area contributed by atoms with Crippen molar-refractivity contribution >= 4 is 60.7 Å². The van der Waals surface area contributed by atoms with Crippen LogP contribution in [-0.4, -0.2) is 9.13 Å². The van der Waals surface area contributed by atoms with Crippen molar-refractivity contribution in [3.05, 3.63) is 209 Å². The first-order valence-electron chi connectivity index (χ1n) is 19.4. The van der Waals surface area contributed by atoms with Crippen LogP contribution in [0.15, 0.2) is 158 Å². The molecule has 0 saturated carbocycles. The Kier molecular flexibility index (Phi) is 8.62. The van der Waals surface area contributed by atoms with Crippen LogP contribution in [0.25, 0.3) is 103 Å². The van der Waals surface area contributed by atoms with E-state index in [4.69, 9.17) is 19.7 Å². The SMILES string of the molecule is [C-]#[N+]c1cccc(-c2cc(-n3c4ccccc4c4cc(-c5ccc([N+]#[C-])cc5[N+]#[C-])ccc43)c(C#N)cc2-n2c3ccccc3c3cc(-c4ccc(C#N)cc4C#N)ccc32)c1. The van der Waals surface area contributed by atoms with Crippen LogP contribution in [0.2, 0.25) is 0 Å². The van der Waals surface area contributed by atoms with E-state index in [1.807, 2.05) is 97.1 Å². The van der Waals surface area contributed by atoms with Crippen LogP contribution in [0.4, 0.5) is 17.1 Å². The van der Waals surface area contributed by atoms with Gasteiger partial charge in [0.1, 0.15) is 6.07 Å².